The second kappa shape index (κ2) is 9.48. The molecule has 2 fully saturated rings. The van der Waals surface area contributed by atoms with Crippen molar-refractivity contribution in [2.24, 2.45) is 0 Å². The Morgan fingerprint density at radius 2 is 1.38 bits per heavy atom. The summed E-state index contributed by atoms with van der Waals surface area (Å²) in [6.45, 7) is 0.427. The maximum absolute atomic E-state index is 9.43. The van der Waals surface area contributed by atoms with Crippen LogP contribution in [0, 0.1) is 0 Å². The topological polar surface area (TPSA) is 141 Å². The van der Waals surface area contributed by atoms with Crippen LogP contribution in [0.1, 0.15) is 32.1 Å². The smallest absolute Gasteiger partial charge is 0.675 e. The summed E-state index contributed by atoms with van der Waals surface area (Å²) in [6, 6.07) is 0. The van der Waals surface area contributed by atoms with Crippen LogP contribution in [0.3, 0.4) is 0 Å². The van der Waals surface area contributed by atoms with E-state index in [9.17, 15) is 9.59 Å². The Hall–Kier alpha value is -0.532. The molecule has 1 saturated carbocycles. The predicted octanol–water partition coefficient (Wildman–Crippen LogP) is 1.69. The van der Waals surface area contributed by atoms with Gasteiger partial charge in [-0.1, -0.05) is 0 Å². The number of hydrogen-bond donors (Lipinski definition) is 2. The normalized spacial score (nSPS) is 25.8. The van der Waals surface area contributed by atoms with Crippen LogP contribution in [0.25, 0.3) is 11.5 Å². The summed E-state index contributed by atoms with van der Waals surface area (Å²) >= 11 is 0. The van der Waals surface area contributed by atoms with Crippen molar-refractivity contribution in [2.45, 2.75) is 50.1 Å². The first-order valence-corrected chi connectivity index (χ1v) is 6.51. The summed E-state index contributed by atoms with van der Waals surface area (Å²) in [5.74, 6) is -3.03. The van der Waals surface area contributed by atoms with E-state index in [0.717, 1.165) is 25.7 Å². The fraction of sp³-hybridized carbons (Fsp3) is 0.833. The molecule has 0 bridgehead atoms. The van der Waals surface area contributed by atoms with Crippen molar-refractivity contribution in [1.29, 1.82) is 0 Å². The van der Waals surface area contributed by atoms with Crippen LogP contribution >= 0.6 is 0 Å². The third-order valence-electron chi connectivity index (χ3n) is 3.22. The van der Waals surface area contributed by atoms with Crippen molar-refractivity contribution in [1.82, 2.24) is 0 Å². The molecular formula is C12H20N2O6Pt. The number of rotatable bonds is 4. The molecule has 1 saturated heterocycles. The number of aliphatic carboxylic acids is 2. The molecule has 2 aliphatic rings. The van der Waals surface area contributed by atoms with Gasteiger partial charge in [0.2, 0.25) is 0 Å². The SMILES string of the molecule is O=C(O)CC(=O)O.[NH-]C[C@H]1OC2(CCCC2)O[C@@H]1C[NH-].[Pt+2]. The Labute approximate surface area is 137 Å². The quantitative estimate of drug-likeness (QED) is 0.583. The summed E-state index contributed by atoms with van der Waals surface area (Å²) in [6.07, 6.45) is 3.04. The monoisotopic (exact) mass is 483 g/mol. The molecule has 1 heterocycles. The third kappa shape index (κ3) is 6.40. The maximum atomic E-state index is 9.43. The molecule has 0 amide bonds. The van der Waals surface area contributed by atoms with Crippen LogP contribution in [0.5, 0.6) is 0 Å². The second-order valence-electron chi connectivity index (χ2n) is 4.80. The van der Waals surface area contributed by atoms with Crippen molar-refractivity contribution in [2.75, 3.05) is 13.1 Å². The van der Waals surface area contributed by atoms with E-state index in [-0.39, 0.29) is 46.4 Å². The van der Waals surface area contributed by atoms with E-state index in [4.69, 9.17) is 31.2 Å². The minimum Gasteiger partial charge on any atom is -0.675 e. The fourth-order valence-electron chi connectivity index (χ4n) is 2.36. The number of nitrogens with one attached hydrogen (secondary N) is 2. The van der Waals surface area contributed by atoms with Crippen LogP contribution in [0.2, 0.25) is 0 Å². The van der Waals surface area contributed by atoms with Gasteiger partial charge < -0.3 is 31.2 Å². The number of carboxylic acids is 2. The molecule has 1 spiro atoms. The molecule has 2 atom stereocenters. The van der Waals surface area contributed by atoms with Crippen LogP contribution in [0.4, 0.5) is 0 Å². The Balaban J connectivity index is 0.000000436. The number of carboxylic acid groups (broad SMARTS) is 2. The molecule has 2 rings (SSSR count). The maximum Gasteiger partial charge on any atom is 2.00 e. The van der Waals surface area contributed by atoms with Crippen molar-refractivity contribution < 1.29 is 50.3 Å². The van der Waals surface area contributed by atoms with Crippen LogP contribution in [-0.2, 0) is 40.1 Å². The predicted molar refractivity (Wildman–Crippen MR) is 69.2 cm³/mol. The van der Waals surface area contributed by atoms with E-state index in [1.54, 1.807) is 0 Å². The van der Waals surface area contributed by atoms with Crippen molar-refractivity contribution >= 4 is 11.9 Å². The summed E-state index contributed by atoms with van der Waals surface area (Å²) in [5, 5.41) is 15.4. The molecule has 21 heavy (non-hydrogen) atoms. The molecule has 8 nitrogen and oxygen atoms in total. The molecule has 0 aromatic rings. The Bertz CT molecular complexity index is 323. The zero-order chi connectivity index (χ0) is 15.2. The molecule has 0 aromatic carbocycles. The molecule has 0 radical (unpaired) electrons. The average molecular weight is 483 g/mol. The van der Waals surface area contributed by atoms with Gasteiger partial charge in [-0.2, -0.15) is 0 Å². The van der Waals surface area contributed by atoms with Crippen molar-refractivity contribution in [3.8, 4) is 0 Å². The van der Waals surface area contributed by atoms with Gasteiger partial charge in [-0.25, -0.2) is 0 Å². The molecule has 9 heteroatoms. The molecule has 4 N–H and O–H groups in total. The van der Waals surface area contributed by atoms with E-state index in [2.05, 4.69) is 0 Å². The van der Waals surface area contributed by atoms with E-state index < -0.39 is 24.1 Å². The van der Waals surface area contributed by atoms with Crippen molar-refractivity contribution in [3.63, 3.8) is 0 Å². The summed E-state index contributed by atoms with van der Waals surface area (Å²) in [5.41, 5.74) is 14.6. The minimum atomic E-state index is -1.31. The van der Waals surface area contributed by atoms with Gasteiger partial charge in [0.1, 0.15) is 6.42 Å². The zero-order valence-electron chi connectivity index (χ0n) is 11.4. The molecule has 0 aromatic heterocycles. The standard InChI is InChI=1S/C9H16N2O2.C3H4O4.Pt/c10-5-7-8(6-11)13-9(12-7)3-1-2-4-9;4-2(5)1-3(6)7;/h7-8,10-11H,1-6H2;1H2,(H,4,5)(H,6,7);/q-2;;+2/t7-,8-;;/m1../s1. The molecule has 0 unspecified atom stereocenters. The van der Waals surface area contributed by atoms with Gasteiger partial charge in [-0.05, 0) is 12.8 Å². The van der Waals surface area contributed by atoms with E-state index in [0.29, 0.717) is 0 Å². The first-order chi connectivity index (χ1) is 9.42. The average Bonchev–Trinajstić information content (AvgIpc) is 2.96. The molecule has 1 aliphatic carbocycles. The van der Waals surface area contributed by atoms with Gasteiger partial charge in [0.15, 0.2) is 5.79 Å². The number of carbonyl (C=O) groups is 2. The number of ether oxygens (including phenoxy) is 2. The van der Waals surface area contributed by atoms with E-state index in [1.165, 1.54) is 0 Å². The molecule has 1 aliphatic heterocycles. The fourth-order valence-corrected chi connectivity index (χ4v) is 2.36. The minimum absolute atomic E-state index is 0. The summed E-state index contributed by atoms with van der Waals surface area (Å²) in [7, 11) is 0. The van der Waals surface area contributed by atoms with Gasteiger partial charge in [-0.15, -0.1) is 13.1 Å². The van der Waals surface area contributed by atoms with Gasteiger partial charge in [0, 0.05) is 12.8 Å². The van der Waals surface area contributed by atoms with E-state index >= 15 is 0 Å². The summed E-state index contributed by atoms with van der Waals surface area (Å²) in [4.78, 5) is 18.9. The second-order valence-corrected chi connectivity index (χ2v) is 4.80. The Morgan fingerprint density at radius 3 is 1.62 bits per heavy atom. The molecular weight excluding hydrogens is 463 g/mol. The first-order valence-electron chi connectivity index (χ1n) is 6.51. The van der Waals surface area contributed by atoms with Gasteiger partial charge in [0.25, 0.3) is 0 Å². The largest absolute Gasteiger partial charge is 2.00 e. The Morgan fingerprint density at radius 1 is 1.00 bits per heavy atom. The van der Waals surface area contributed by atoms with E-state index in [1.807, 2.05) is 0 Å². The zero-order valence-corrected chi connectivity index (χ0v) is 13.7. The van der Waals surface area contributed by atoms with Gasteiger partial charge in [-0.3, -0.25) is 9.59 Å². The van der Waals surface area contributed by atoms with Crippen LogP contribution < -0.4 is 0 Å². The summed E-state index contributed by atoms with van der Waals surface area (Å²) < 4.78 is 11.5. The van der Waals surface area contributed by atoms with Crippen LogP contribution in [-0.4, -0.2) is 53.2 Å². The Kier molecular flexibility index (Phi) is 9.24. The van der Waals surface area contributed by atoms with Gasteiger partial charge in [0.05, 0.1) is 12.2 Å². The van der Waals surface area contributed by atoms with Gasteiger partial charge >= 0.3 is 33.0 Å². The third-order valence-corrected chi connectivity index (χ3v) is 3.22. The van der Waals surface area contributed by atoms with Crippen LogP contribution in [0.15, 0.2) is 0 Å². The van der Waals surface area contributed by atoms with Crippen molar-refractivity contribution in [3.05, 3.63) is 11.5 Å². The number of hydrogen-bond acceptors (Lipinski definition) is 4. The molecule has 124 valence electrons. The first kappa shape index (κ1) is 20.5.